The summed E-state index contributed by atoms with van der Waals surface area (Å²) in [6.45, 7) is 8.26. The van der Waals surface area contributed by atoms with Gasteiger partial charge in [-0.3, -0.25) is 4.79 Å². The van der Waals surface area contributed by atoms with Gasteiger partial charge in [0.25, 0.3) is 0 Å². The van der Waals surface area contributed by atoms with E-state index in [2.05, 4.69) is 9.94 Å². The first-order valence-electron chi connectivity index (χ1n) is 3.58. The molecule has 0 N–H and O–H groups in total. The van der Waals surface area contributed by atoms with E-state index in [0.29, 0.717) is 5.00 Å². The van der Waals surface area contributed by atoms with E-state index >= 15 is 0 Å². The Labute approximate surface area is 78.2 Å². The van der Waals surface area contributed by atoms with Crippen molar-refractivity contribution in [2.24, 2.45) is 0 Å². The van der Waals surface area contributed by atoms with E-state index < -0.39 is 0 Å². The first-order valence-corrected chi connectivity index (χ1v) is 4.40. The summed E-state index contributed by atoms with van der Waals surface area (Å²) < 4.78 is 1.31. The van der Waals surface area contributed by atoms with Gasteiger partial charge >= 0.3 is 0 Å². The summed E-state index contributed by atoms with van der Waals surface area (Å²) >= 11 is 1.28. The molecule has 0 aromatic carbocycles. The molecule has 0 spiro atoms. The minimum Gasteiger partial charge on any atom is -0.273 e. The SMILES string of the molecule is [C-]#[N+]c1cc2cnn(C(C)=O)c2s1. The van der Waals surface area contributed by atoms with Gasteiger partial charge in [-0.15, -0.1) is 11.3 Å². The summed E-state index contributed by atoms with van der Waals surface area (Å²) in [6.07, 6.45) is 1.60. The second-order valence-electron chi connectivity index (χ2n) is 2.53. The van der Waals surface area contributed by atoms with Crippen LogP contribution in [-0.2, 0) is 0 Å². The lowest BCUT2D eigenvalue weighted by atomic mass is 10.4. The quantitative estimate of drug-likeness (QED) is 0.599. The highest BCUT2D eigenvalue weighted by Gasteiger charge is 2.09. The number of hydrogen-bond acceptors (Lipinski definition) is 3. The minimum atomic E-state index is -0.131. The molecule has 2 heterocycles. The number of nitrogens with zero attached hydrogens (tertiary/aromatic N) is 3. The van der Waals surface area contributed by atoms with Gasteiger partial charge in [-0.2, -0.15) is 9.78 Å². The zero-order valence-electron chi connectivity index (χ0n) is 6.81. The van der Waals surface area contributed by atoms with Crippen molar-refractivity contribution < 1.29 is 4.79 Å². The lowest BCUT2D eigenvalue weighted by Gasteiger charge is -1.91. The van der Waals surface area contributed by atoms with Crippen LogP contribution in [0.4, 0.5) is 5.00 Å². The lowest BCUT2D eigenvalue weighted by molar-refractivity contribution is 0.0927. The van der Waals surface area contributed by atoms with Crippen LogP contribution in [0.3, 0.4) is 0 Å². The molecule has 0 saturated carbocycles. The summed E-state index contributed by atoms with van der Waals surface area (Å²) in [6, 6.07) is 1.74. The van der Waals surface area contributed by atoms with Gasteiger partial charge in [-0.25, -0.2) is 4.85 Å². The van der Waals surface area contributed by atoms with E-state index in [1.807, 2.05) is 0 Å². The fourth-order valence-corrected chi connectivity index (χ4v) is 2.01. The van der Waals surface area contributed by atoms with Crippen LogP contribution in [0.1, 0.15) is 11.7 Å². The van der Waals surface area contributed by atoms with Gasteiger partial charge in [0.1, 0.15) is 4.83 Å². The third-order valence-corrected chi connectivity index (χ3v) is 2.66. The molecule has 0 fully saturated rings. The van der Waals surface area contributed by atoms with Crippen molar-refractivity contribution in [3.8, 4) is 0 Å². The van der Waals surface area contributed by atoms with Crippen LogP contribution in [-0.4, -0.2) is 15.7 Å². The predicted molar refractivity (Wildman–Crippen MR) is 50.2 cm³/mol. The molecule has 2 rings (SSSR count). The summed E-state index contributed by atoms with van der Waals surface area (Å²) in [5, 5.41) is 5.34. The van der Waals surface area contributed by atoms with Crippen molar-refractivity contribution in [2.75, 3.05) is 0 Å². The smallest absolute Gasteiger partial charge is 0.245 e. The van der Waals surface area contributed by atoms with Crippen molar-refractivity contribution in [2.45, 2.75) is 6.92 Å². The highest BCUT2D eigenvalue weighted by molar-refractivity contribution is 7.22. The third kappa shape index (κ3) is 1.12. The minimum absolute atomic E-state index is 0.131. The van der Waals surface area contributed by atoms with Crippen molar-refractivity contribution in [1.29, 1.82) is 0 Å². The van der Waals surface area contributed by atoms with E-state index in [1.165, 1.54) is 22.9 Å². The Morgan fingerprint density at radius 1 is 1.77 bits per heavy atom. The molecule has 0 saturated heterocycles. The molecule has 0 unspecified atom stereocenters. The van der Waals surface area contributed by atoms with Crippen LogP contribution in [0.15, 0.2) is 12.3 Å². The van der Waals surface area contributed by atoms with Gasteiger partial charge in [0, 0.05) is 12.3 Å². The highest BCUT2D eigenvalue weighted by Crippen LogP contribution is 2.31. The molecule has 4 nitrogen and oxygen atoms in total. The molecule has 2 aromatic rings. The molecule has 0 aliphatic carbocycles. The Hall–Kier alpha value is -1.67. The largest absolute Gasteiger partial charge is 0.273 e. The first-order chi connectivity index (χ1) is 6.22. The molecule has 0 radical (unpaired) electrons. The van der Waals surface area contributed by atoms with Crippen LogP contribution in [0.5, 0.6) is 0 Å². The van der Waals surface area contributed by atoms with Crippen molar-refractivity contribution in [3.05, 3.63) is 23.7 Å². The summed E-state index contributed by atoms with van der Waals surface area (Å²) in [7, 11) is 0. The average Bonchev–Trinajstić information content (AvgIpc) is 2.59. The molecular formula is C8H5N3OS. The van der Waals surface area contributed by atoms with Crippen LogP contribution in [0.25, 0.3) is 15.1 Å². The predicted octanol–water partition coefficient (Wildman–Crippen LogP) is 2.31. The molecular weight excluding hydrogens is 186 g/mol. The van der Waals surface area contributed by atoms with Crippen molar-refractivity contribution in [1.82, 2.24) is 9.78 Å². The molecule has 0 amide bonds. The number of thiophene rings is 1. The van der Waals surface area contributed by atoms with Crippen LogP contribution in [0.2, 0.25) is 0 Å². The Morgan fingerprint density at radius 2 is 2.54 bits per heavy atom. The van der Waals surface area contributed by atoms with Gasteiger partial charge in [0.15, 0.2) is 0 Å². The zero-order chi connectivity index (χ0) is 9.42. The second-order valence-corrected chi connectivity index (χ2v) is 3.54. The molecule has 0 aliphatic rings. The van der Waals surface area contributed by atoms with Gasteiger partial charge in [0.2, 0.25) is 10.9 Å². The van der Waals surface area contributed by atoms with E-state index in [0.717, 1.165) is 10.2 Å². The molecule has 0 bridgehead atoms. The number of fused-ring (bicyclic) bond motifs is 1. The number of rotatable bonds is 0. The van der Waals surface area contributed by atoms with Gasteiger partial charge in [-0.05, 0) is 6.07 Å². The van der Waals surface area contributed by atoms with Gasteiger partial charge in [0.05, 0.1) is 12.8 Å². The fourth-order valence-electron chi connectivity index (χ4n) is 1.09. The number of carbonyl (C=O) groups is 1. The Morgan fingerprint density at radius 3 is 3.15 bits per heavy atom. The maximum absolute atomic E-state index is 11.0. The van der Waals surface area contributed by atoms with Gasteiger partial charge in [-0.1, -0.05) is 0 Å². The average molecular weight is 191 g/mol. The van der Waals surface area contributed by atoms with Crippen LogP contribution < -0.4 is 0 Å². The molecule has 64 valence electrons. The molecule has 13 heavy (non-hydrogen) atoms. The van der Waals surface area contributed by atoms with E-state index in [9.17, 15) is 4.79 Å². The highest BCUT2D eigenvalue weighted by atomic mass is 32.1. The van der Waals surface area contributed by atoms with E-state index in [4.69, 9.17) is 6.57 Å². The normalized spacial score (nSPS) is 10.2. The topological polar surface area (TPSA) is 39.2 Å². The van der Waals surface area contributed by atoms with Gasteiger partial charge < -0.3 is 0 Å². The third-order valence-electron chi connectivity index (χ3n) is 1.64. The van der Waals surface area contributed by atoms with Crippen molar-refractivity contribution >= 4 is 32.5 Å². The maximum Gasteiger partial charge on any atom is 0.245 e. The Balaban J connectivity index is 2.74. The van der Waals surface area contributed by atoms with Crippen molar-refractivity contribution in [3.63, 3.8) is 0 Å². The number of carbonyl (C=O) groups excluding carboxylic acids is 1. The second kappa shape index (κ2) is 2.68. The lowest BCUT2D eigenvalue weighted by Crippen LogP contribution is -2.05. The number of hydrogen-bond donors (Lipinski definition) is 0. The number of aromatic nitrogens is 2. The summed E-state index contributed by atoms with van der Waals surface area (Å²) in [4.78, 5) is 15.1. The van der Waals surface area contributed by atoms with Crippen LogP contribution >= 0.6 is 11.3 Å². The standard InChI is InChI=1S/C8H5N3OS/c1-5(12)11-8-6(4-10-11)3-7(9-2)13-8/h3-4H,1H3. The fraction of sp³-hybridized carbons (Fsp3) is 0.125. The first kappa shape index (κ1) is 7.95. The summed E-state index contributed by atoms with van der Waals surface area (Å²) in [5.41, 5.74) is 0. The maximum atomic E-state index is 11.0. The Kier molecular flexibility index (Phi) is 1.64. The monoisotopic (exact) mass is 191 g/mol. The summed E-state index contributed by atoms with van der Waals surface area (Å²) in [5.74, 6) is -0.131. The van der Waals surface area contributed by atoms with E-state index in [-0.39, 0.29) is 5.91 Å². The molecule has 0 atom stereocenters. The zero-order valence-corrected chi connectivity index (χ0v) is 7.63. The Bertz CT molecular complexity index is 517. The van der Waals surface area contributed by atoms with Crippen LogP contribution in [0, 0.1) is 6.57 Å². The molecule has 2 aromatic heterocycles. The molecule has 0 aliphatic heterocycles. The molecule has 5 heteroatoms. The van der Waals surface area contributed by atoms with E-state index in [1.54, 1.807) is 12.3 Å².